The summed E-state index contributed by atoms with van der Waals surface area (Å²) in [5.41, 5.74) is 0.775. The molecule has 33 heavy (non-hydrogen) atoms. The van der Waals surface area contributed by atoms with E-state index in [1.54, 1.807) is 0 Å². The highest BCUT2D eigenvalue weighted by Gasteiger charge is 2.38. The van der Waals surface area contributed by atoms with Crippen LogP contribution in [0, 0.1) is 0 Å². The van der Waals surface area contributed by atoms with Crippen molar-refractivity contribution in [3.63, 3.8) is 0 Å². The number of hydrogen-bond donors (Lipinski definition) is 1. The number of unbranched alkanes of at least 4 members (excludes halogenated alkanes) is 2. The van der Waals surface area contributed by atoms with Gasteiger partial charge in [-0.1, -0.05) is 70.9 Å². The largest absolute Gasteiger partial charge is 0.417 e. The van der Waals surface area contributed by atoms with E-state index in [0.717, 1.165) is 37.7 Å². The zero-order valence-corrected chi connectivity index (χ0v) is 22.6. The maximum Gasteiger partial charge on any atom is 0.191 e. The molecule has 0 amide bonds. The normalized spacial score (nSPS) is 22.8. The minimum absolute atomic E-state index is 0.0295. The highest BCUT2D eigenvalue weighted by molar-refractivity contribution is 6.74. The number of ether oxygens (including phenoxy) is 2. The zero-order chi connectivity index (χ0) is 24.5. The fraction of sp³-hybridized carbons (Fsp3) is 0.741. The fourth-order valence-electron chi connectivity index (χ4n) is 3.89. The van der Waals surface area contributed by atoms with Crippen LogP contribution in [0.1, 0.15) is 90.7 Å². The molecule has 5 nitrogen and oxygen atoms in total. The second-order valence-electron chi connectivity index (χ2n) is 10.9. The van der Waals surface area contributed by atoms with Crippen LogP contribution in [0.25, 0.3) is 0 Å². The van der Waals surface area contributed by atoms with Gasteiger partial charge in [0.25, 0.3) is 0 Å². The molecule has 0 bridgehead atoms. The van der Waals surface area contributed by atoms with E-state index in [0.29, 0.717) is 19.4 Å². The van der Waals surface area contributed by atoms with Gasteiger partial charge in [0.15, 0.2) is 14.6 Å². The predicted molar refractivity (Wildman–Crippen MR) is 136 cm³/mol. The van der Waals surface area contributed by atoms with Gasteiger partial charge in [-0.2, -0.15) is 0 Å². The molecule has 1 N–H and O–H groups in total. The molecule has 4 atom stereocenters. The molecule has 2 unspecified atom stereocenters. The van der Waals surface area contributed by atoms with Crippen molar-refractivity contribution in [1.29, 1.82) is 0 Å². The van der Waals surface area contributed by atoms with Crippen molar-refractivity contribution < 1.29 is 23.8 Å². The molecule has 1 fully saturated rings. The molecule has 0 aromatic heterocycles. The summed E-state index contributed by atoms with van der Waals surface area (Å²) >= 11 is 0. The van der Waals surface area contributed by atoms with Crippen molar-refractivity contribution in [2.24, 2.45) is 0 Å². The second kappa shape index (κ2) is 13.1. The summed E-state index contributed by atoms with van der Waals surface area (Å²) in [6.07, 6.45) is 4.98. The lowest BCUT2D eigenvalue weighted by atomic mass is 9.98. The summed E-state index contributed by atoms with van der Waals surface area (Å²) < 4.78 is 18.8. The quantitative estimate of drug-likeness (QED) is 0.257. The number of Topliss-reactive ketones (excluding diaryl/α,β-unsaturated/α-hetero) is 1. The van der Waals surface area contributed by atoms with E-state index in [2.05, 4.69) is 40.8 Å². The Morgan fingerprint density at radius 2 is 1.79 bits per heavy atom. The summed E-state index contributed by atoms with van der Waals surface area (Å²) in [5, 5.41) is 10.6. The molecule has 1 aliphatic heterocycles. The number of rotatable bonds is 13. The number of aliphatic hydroxyl groups is 1. The summed E-state index contributed by atoms with van der Waals surface area (Å²) in [7, 11) is -1.79. The summed E-state index contributed by atoms with van der Waals surface area (Å²) in [6.45, 7) is 14.1. The third-order valence-electron chi connectivity index (χ3n) is 7.03. The van der Waals surface area contributed by atoms with E-state index in [9.17, 15) is 9.90 Å². The van der Waals surface area contributed by atoms with Gasteiger partial charge in [-0.25, -0.2) is 0 Å². The molecule has 0 radical (unpaired) electrons. The van der Waals surface area contributed by atoms with Gasteiger partial charge >= 0.3 is 0 Å². The fourth-order valence-corrected chi connectivity index (χ4v) is 4.95. The number of benzene rings is 1. The first-order chi connectivity index (χ1) is 15.5. The highest BCUT2D eigenvalue weighted by atomic mass is 28.4. The standard InChI is InChI=1S/C27H46O5Si/c1-7-8-10-15-26-31-23(16-17-30-33(5,6)27(2,3)4)20-24(32-26)18-22(28)19-25(29)21-13-11-9-12-14-21/h9,11-14,23-26,29H,7-8,10,15-20H2,1-6H3/t23?,24-,25?,26-/m1/s1. The lowest BCUT2D eigenvalue weighted by molar-refractivity contribution is -0.247. The van der Waals surface area contributed by atoms with Gasteiger partial charge in [0.05, 0.1) is 18.3 Å². The Bertz CT molecular complexity index is 700. The van der Waals surface area contributed by atoms with E-state index in [1.165, 1.54) is 0 Å². The smallest absolute Gasteiger partial charge is 0.191 e. The lowest BCUT2D eigenvalue weighted by Gasteiger charge is -2.38. The van der Waals surface area contributed by atoms with Crippen molar-refractivity contribution in [2.75, 3.05) is 6.61 Å². The van der Waals surface area contributed by atoms with Crippen LogP contribution in [0.5, 0.6) is 0 Å². The number of carbonyl (C=O) groups is 1. The molecule has 1 heterocycles. The van der Waals surface area contributed by atoms with Crippen molar-refractivity contribution >= 4 is 14.1 Å². The van der Waals surface area contributed by atoms with Crippen LogP contribution in [0.4, 0.5) is 0 Å². The van der Waals surface area contributed by atoms with Gasteiger partial charge in [0.2, 0.25) is 0 Å². The lowest BCUT2D eigenvalue weighted by Crippen LogP contribution is -2.43. The van der Waals surface area contributed by atoms with Crippen LogP contribution < -0.4 is 0 Å². The first kappa shape index (κ1) is 28.2. The van der Waals surface area contributed by atoms with E-state index in [1.807, 2.05) is 30.3 Å². The monoisotopic (exact) mass is 478 g/mol. The predicted octanol–water partition coefficient (Wildman–Crippen LogP) is 6.56. The average molecular weight is 479 g/mol. The van der Waals surface area contributed by atoms with Crippen LogP contribution in [0.15, 0.2) is 30.3 Å². The van der Waals surface area contributed by atoms with Crippen molar-refractivity contribution in [2.45, 2.75) is 122 Å². The van der Waals surface area contributed by atoms with Crippen LogP contribution in [0.3, 0.4) is 0 Å². The van der Waals surface area contributed by atoms with Gasteiger partial charge in [0, 0.05) is 25.9 Å². The van der Waals surface area contributed by atoms with E-state index < -0.39 is 14.4 Å². The number of hydrogen-bond acceptors (Lipinski definition) is 5. The van der Waals surface area contributed by atoms with Crippen LogP contribution in [-0.2, 0) is 18.7 Å². The van der Waals surface area contributed by atoms with Gasteiger partial charge < -0.3 is 19.0 Å². The topological polar surface area (TPSA) is 65.0 Å². The molecule has 0 saturated carbocycles. The maximum absolute atomic E-state index is 12.7. The molecule has 0 spiro atoms. The summed E-state index contributed by atoms with van der Waals surface area (Å²) in [6, 6.07) is 9.36. The molecule has 2 rings (SSSR count). The Balaban J connectivity index is 1.91. The Labute approximate surface area is 202 Å². The molecular formula is C27H46O5Si. The molecule has 188 valence electrons. The van der Waals surface area contributed by atoms with Crippen molar-refractivity contribution in [3.05, 3.63) is 35.9 Å². The van der Waals surface area contributed by atoms with Gasteiger partial charge in [-0.3, -0.25) is 4.79 Å². The molecule has 0 aliphatic carbocycles. The van der Waals surface area contributed by atoms with Gasteiger partial charge in [0.1, 0.15) is 5.78 Å². The van der Waals surface area contributed by atoms with Gasteiger partial charge in [-0.15, -0.1) is 0 Å². The minimum Gasteiger partial charge on any atom is -0.417 e. The Kier molecular flexibility index (Phi) is 11.2. The zero-order valence-electron chi connectivity index (χ0n) is 21.6. The number of ketones is 1. The van der Waals surface area contributed by atoms with Gasteiger partial charge in [-0.05, 0) is 43.0 Å². The molecule has 6 heteroatoms. The Hall–Kier alpha value is -1.05. The van der Waals surface area contributed by atoms with Crippen LogP contribution in [-0.4, -0.2) is 44.3 Å². The molecule has 1 aromatic carbocycles. The third-order valence-corrected chi connectivity index (χ3v) is 11.6. The first-order valence-corrected chi connectivity index (χ1v) is 15.6. The average Bonchev–Trinajstić information content (AvgIpc) is 2.73. The van der Waals surface area contributed by atoms with E-state index >= 15 is 0 Å². The molecule has 1 aliphatic rings. The Morgan fingerprint density at radius 1 is 1.12 bits per heavy atom. The number of aliphatic hydroxyl groups excluding tert-OH is 1. The molecule has 1 saturated heterocycles. The van der Waals surface area contributed by atoms with E-state index in [4.69, 9.17) is 13.9 Å². The van der Waals surface area contributed by atoms with Crippen LogP contribution >= 0.6 is 0 Å². The molecular weight excluding hydrogens is 432 g/mol. The summed E-state index contributed by atoms with van der Waals surface area (Å²) in [4.78, 5) is 12.7. The SMILES string of the molecule is CCCCC[C@@H]1OC(CCO[Si](C)(C)C(C)(C)C)C[C@@H](CC(=O)CC(O)c2ccccc2)O1. The van der Waals surface area contributed by atoms with Crippen molar-refractivity contribution in [3.8, 4) is 0 Å². The molecule has 1 aromatic rings. The van der Waals surface area contributed by atoms with Crippen LogP contribution in [0.2, 0.25) is 18.1 Å². The second-order valence-corrected chi connectivity index (χ2v) is 15.8. The first-order valence-electron chi connectivity index (χ1n) is 12.7. The highest BCUT2D eigenvalue weighted by Crippen LogP contribution is 2.37. The Morgan fingerprint density at radius 3 is 2.42 bits per heavy atom. The van der Waals surface area contributed by atoms with Crippen molar-refractivity contribution in [1.82, 2.24) is 0 Å². The maximum atomic E-state index is 12.7. The summed E-state index contributed by atoms with van der Waals surface area (Å²) in [5.74, 6) is 0.0295. The van der Waals surface area contributed by atoms with E-state index in [-0.39, 0.29) is 35.7 Å². The third kappa shape index (κ3) is 9.61. The number of carbonyl (C=O) groups excluding carboxylic acids is 1. The minimum atomic E-state index is -1.79.